The van der Waals surface area contributed by atoms with E-state index in [1.165, 1.54) is 17.8 Å². The topological polar surface area (TPSA) is 94.8 Å². The molecule has 2 aromatic carbocycles. The molecule has 2 aliphatic heterocycles. The van der Waals surface area contributed by atoms with Crippen LogP contribution in [0.5, 0.6) is 0 Å². The fourth-order valence-electron chi connectivity index (χ4n) is 4.29. The summed E-state index contributed by atoms with van der Waals surface area (Å²) in [7, 11) is 0. The second-order valence-corrected chi connectivity index (χ2v) is 8.81. The summed E-state index contributed by atoms with van der Waals surface area (Å²) < 4.78 is 16.9. The maximum absolute atomic E-state index is 13.0. The van der Waals surface area contributed by atoms with Crippen molar-refractivity contribution in [3.63, 3.8) is 0 Å². The van der Waals surface area contributed by atoms with E-state index in [0.717, 1.165) is 11.3 Å². The number of hydrogen-bond donors (Lipinski definition) is 1. The molecule has 0 saturated carbocycles. The Kier molecular flexibility index (Phi) is 5.75. The van der Waals surface area contributed by atoms with Crippen LogP contribution in [0.3, 0.4) is 0 Å². The molecule has 34 heavy (non-hydrogen) atoms. The Labute approximate surface area is 199 Å². The molecule has 0 spiro atoms. The minimum absolute atomic E-state index is 0.122. The fraction of sp³-hybridized carbons (Fsp3) is 0.192. The van der Waals surface area contributed by atoms with Crippen LogP contribution in [0.15, 0.2) is 86.5 Å². The SMILES string of the molecule is CCOC(=O)OC1=C(C)NC2=C(C(=O)SC2)C1c1cccc2c(=O)cc(-c3ccccc3)oc12. The third-order valence-electron chi connectivity index (χ3n) is 5.76. The first kappa shape index (κ1) is 22.0. The van der Waals surface area contributed by atoms with Gasteiger partial charge >= 0.3 is 6.16 Å². The van der Waals surface area contributed by atoms with Crippen LogP contribution in [0.25, 0.3) is 22.3 Å². The van der Waals surface area contributed by atoms with Crippen molar-refractivity contribution >= 4 is 34.0 Å². The zero-order valence-corrected chi connectivity index (χ0v) is 19.4. The van der Waals surface area contributed by atoms with Gasteiger partial charge in [-0.3, -0.25) is 9.59 Å². The molecule has 1 aromatic heterocycles. The van der Waals surface area contributed by atoms with Crippen molar-refractivity contribution in [1.29, 1.82) is 0 Å². The van der Waals surface area contributed by atoms with Gasteiger partial charge in [-0.05, 0) is 19.9 Å². The van der Waals surface area contributed by atoms with Gasteiger partial charge in [0.2, 0.25) is 5.12 Å². The summed E-state index contributed by atoms with van der Waals surface area (Å²) in [6, 6.07) is 16.0. The molecule has 0 radical (unpaired) electrons. The molecule has 1 N–H and O–H groups in total. The molecule has 0 saturated heterocycles. The summed E-state index contributed by atoms with van der Waals surface area (Å²) in [6.45, 7) is 3.60. The van der Waals surface area contributed by atoms with Gasteiger partial charge in [-0.15, -0.1) is 0 Å². The average molecular weight is 476 g/mol. The van der Waals surface area contributed by atoms with Crippen LogP contribution in [0, 0.1) is 0 Å². The van der Waals surface area contributed by atoms with Crippen molar-refractivity contribution < 1.29 is 23.5 Å². The summed E-state index contributed by atoms with van der Waals surface area (Å²) in [5.74, 6) is 0.405. The van der Waals surface area contributed by atoms with Gasteiger partial charge in [0.15, 0.2) is 5.43 Å². The highest BCUT2D eigenvalue weighted by Crippen LogP contribution is 2.46. The monoisotopic (exact) mass is 475 g/mol. The quantitative estimate of drug-likeness (QED) is 0.522. The number of carbonyl (C=O) groups is 2. The summed E-state index contributed by atoms with van der Waals surface area (Å²) >= 11 is 1.18. The number of para-hydroxylation sites is 1. The van der Waals surface area contributed by atoms with Crippen molar-refractivity contribution in [3.05, 3.63) is 93.1 Å². The van der Waals surface area contributed by atoms with Crippen LogP contribution in [0.4, 0.5) is 4.79 Å². The first-order valence-electron chi connectivity index (χ1n) is 10.8. The summed E-state index contributed by atoms with van der Waals surface area (Å²) in [5, 5.41) is 3.45. The molecular weight excluding hydrogens is 454 g/mol. The van der Waals surface area contributed by atoms with E-state index in [1.54, 1.807) is 32.0 Å². The first-order chi connectivity index (χ1) is 16.5. The highest BCUT2D eigenvalue weighted by atomic mass is 32.2. The van der Waals surface area contributed by atoms with E-state index in [0.29, 0.717) is 39.3 Å². The third-order valence-corrected chi connectivity index (χ3v) is 6.68. The number of hydrogen-bond acceptors (Lipinski definition) is 8. The number of allylic oxidation sites excluding steroid dienone is 2. The zero-order chi connectivity index (χ0) is 23.8. The molecular formula is C26H21NO6S. The molecule has 7 nitrogen and oxygen atoms in total. The number of benzene rings is 2. The van der Waals surface area contributed by atoms with Gasteiger partial charge in [-0.25, -0.2) is 4.79 Å². The second-order valence-electron chi connectivity index (χ2n) is 7.87. The molecule has 3 heterocycles. The first-order valence-corrected chi connectivity index (χ1v) is 11.8. The van der Waals surface area contributed by atoms with Gasteiger partial charge < -0.3 is 19.2 Å². The Hall–Kier alpha value is -3.78. The maximum Gasteiger partial charge on any atom is 0.513 e. The lowest BCUT2D eigenvalue weighted by Gasteiger charge is -2.28. The molecule has 5 rings (SSSR count). The van der Waals surface area contributed by atoms with Gasteiger partial charge in [0.1, 0.15) is 17.1 Å². The zero-order valence-electron chi connectivity index (χ0n) is 18.5. The molecule has 8 heteroatoms. The Balaban J connectivity index is 1.74. The highest BCUT2D eigenvalue weighted by molar-refractivity contribution is 8.14. The molecule has 1 unspecified atom stereocenters. The lowest BCUT2D eigenvalue weighted by atomic mass is 9.85. The maximum atomic E-state index is 13.0. The minimum atomic E-state index is -0.863. The molecule has 0 fully saturated rings. The summed E-state index contributed by atoms with van der Waals surface area (Å²) in [4.78, 5) is 38.2. The van der Waals surface area contributed by atoms with Gasteiger partial charge in [0, 0.05) is 34.2 Å². The lowest BCUT2D eigenvalue weighted by molar-refractivity contribution is -0.108. The Morgan fingerprint density at radius 1 is 1.15 bits per heavy atom. The number of dihydropyridines is 1. The van der Waals surface area contributed by atoms with E-state index in [2.05, 4.69) is 5.32 Å². The van der Waals surface area contributed by atoms with E-state index >= 15 is 0 Å². The van der Waals surface area contributed by atoms with E-state index in [4.69, 9.17) is 13.9 Å². The Morgan fingerprint density at radius 3 is 2.71 bits per heavy atom. The second kappa shape index (κ2) is 8.87. The minimum Gasteiger partial charge on any atom is -0.455 e. The predicted octanol–water partition coefficient (Wildman–Crippen LogP) is 5.08. The van der Waals surface area contributed by atoms with E-state index in [-0.39, 0.29) is 22.9 Å². The van der Waals surface area contributed by atoms with Crippen molar-refractivity contribution in [1.82, 2.24) is 5.32 Å². The van der Waals surface area contributed by atoms with Crippen molar-refractivity contribution in [2.75, 3.05) is 12.4 Å². The lowest BCUT2D eigenvalue weighted by Crippen LogP contribution is -2.28. The van der Waals surface area contributed by atoms with Crippen LogP contribution in [-0.4, -0.2) is 23.6 Å². The molecule has 172 valence electrons. The normalized spacial score (nSPS) is 17.6. The predicted molar refractivity (Wildman–Crippen MR) is 129 cm³/mol. The van der Waals surface area contributed by atoms with Crippen LogP contribution in [-0.2, 0) is 14.3 Å². The smallest absolute Gasteiger partial charge is 0.455 e. The summed E-state index contributed by atoms with van der Waals surface area (Å²) in [5.41, 5.74) is 3.29. The molecule has 0 bridgehead atoms. The van der Waals surface area contributed by atoms with Crippen LogP contribution < -0.4 is 10.7 Å². The molecule has 0 aliphatic carbocycles. The number of fused-ring (bicyclic) bond motifs is 1. The number of ether oxygens (including phenoxy) is 2. The molecule has 3 aromatic rings. The van der Waals surface area contributed by atoms with Gasteiger partial charge in [-0.1, -0.05) is 54.2 Å². The van der Waals surface area contributed by atoms with Gasteiger partial charge in [0.25, 0.3) is 0 Å². The van der Waals surface area contributed by atoms with Gasteiger partial charge in [0.05, 0.1) is 23.6 Å². The molecule has 1 atom stereocenters. The van der Waals surface area contributed by atoms with E-state index in [9.17, 15) is 14.4 Å². The fourth-order valence-corrected chi connectivity index (χ4v) is 5.19. The largest absolute Gasteiger partial charge is 0.513 e. The number of thioether (sulfide) groups is 1. The van der Waals surface area contributed by atoms with Crippen LogP contribution in [0.2, 0.25) is 0 Å². The van der Waals surface area contributed by atoms with Crippen molar-refractivity contribution in [3.8, 4) is 11.3 Å². The number of carbonyl (C=O) groups excluding carboxylic acids is 2. The van der Waals surface area contributed by atoms with Crippen LogP contribution in [0.1, 0.15) is 25.3 Å². The van der Waals surface area contributed by atoms with E-state index < -0.39 is 12.1 Å². The van der Waals surface area contributed by atoms with Gasteiger partial charge in [-0.2, -0.15) is 0 Å². The van der Waals surface area contributed by atoms with Crippen molar-refractivity contribution in [2.45, 2.75) is 19.8 Å². The third kappa shape index (κ3) is 3.80. The van der Waals surface area contributed by atoms with Crippen LogP contribution >= 0.6 is 11.8 Å². The Bertz CT molecular complexity index is 1440. The van der Waals surface area contributed by atoms with Crippen molar-refractivity contribution in [2.24, 2.45) is 0 Å². The average Bonchev–Trinajstić information content (AvgIpc) is 3.20. The molecule has 2 aliphatic rings. The highest BCUT2D eigenvalue weighted by Gasteiger charge is 2.41. The number of nitrogens with one attached hydrogen (secondary N) is 1. The summed E-state index contributed by atoms with van der Waals surface area (Å²) in [6.07, 6.45) is -0.863. The number of rotatable bonds is 4. The standard InChI is InChI=1S/C26H21NO6S/c1-3-31-26(30)33-23-14(2)27-18-13-34-25(29)22(18)21(23)17-11-7-10-16-19(28)12-20(32-24(16)17)15-8-5-4-6-9-15/h4-12,21,27H,3,13H2,1-2H3. The van der Waals surface area contributed by atoms with E-state index in [1.807, 2.05) is 30.3 Å². The Morgan fingerprint density at radius 2 is 1.94 bits per heavy atom. The molecule has 0 amide bonds.